The van der Waals surface area contributed by atoms with Crippen LogP contribution < -0.4 is 5.56 Å². The molecule has 0 saturated heterocycles. The number of fused-ring (bicyclic) bond motifs is 1. The number of ketones is 1. The molecule has 0 unspecified atom stereocenters. The van der Waals surface area contributed by atoms with Gasteiger partial charge in [0.2, 0.25) is 0 Å². The van der Waals surface area contributed by atoms with Crippen molar-refractivity contribution in [2.45, 2.75) is 44.4 Å². The van der Waals surface area contributed by atoms with Crippen molar-refractivity contribution in [3.05, 3.63) is 70.6 Å². The van der Waals surface area contributed by atoms with Crippen LogP contribution in [0.2, 0.25) is 0 Å². The Labute approximate surface area is 188 Å². The van der Waals surface area contributed by atoms with E-state index in [9.17, 15) is 18.0 Å². The van der Waals surface area contributed by atoms with E-state index in [2.05, 4.69) is 0 Å². The molecule has 3 rings (SSSR count). The number of aromatic nitrogens is 1. The van der Waals surface area contributed by atoms with Crippen molar-refractivity contribution in [3.63, 3.8) is 0 Å². The molecule has 0 radical (unpaired) electrons. The first-order valence-electron chi connectivity index (χ1n) is 10.7. The number of aliphatic hydroxyl groups is 1. The van der Waals surface area contributed by atoms with Crippen molar-refractivity contribution in [2.24, 2.45) is 0 Å². The van der Waals surface area contributed by atoms with Gasteiger partial charge in [0, 0.05) is 37.4 Å². The lowest BCUT2D eigenvalue weighted by atomic mass is 9.99. The molecule has 1 atom stereocenters. The fourth-order valence-corrected chi connectivity index (χ4v) is 4.90. The van der Waals surface area contributed by atoms with E-state index in [1.165, 1.54) is 11.5 Å². The second-order valence-corrected chi connectivity index (χ2v) is 10.8. The second kappa shape index (κ2) is 9.38. The lowest BCUT2D eigenvalue weighted by molar-refractivity contribution is -0.121. The van der Waals surface area contributed by atoms with E-state index in [0.717, 1.165) is 28.3 Å². The number of rotatable bonds is 9. The Kier molecular flexibility index (Phi) is 7.00. The van der Waals surface area contributed by atoms with Crippen LogP contribution in [0.1, 0.15) is 32.3 Å². The van der Waals surface area contributed by atoms with Crippen molar-refractivity contribution in [1.82, 2.24) is 4.57 Å². The van der Waals surface area contributed by atoms with E-state index in [-0.39, 0.29) is 37.3 Å². The summed E-state index contributed by atoms with van der Waals surface area (Å²) in [6, 6.07) is 15.4. The van der Waals surface area contributed by atoms with E-state index < -0.39 is 14.6 Å². The highest BCUT2D eigenvalue weighted by Gasteiger charge is 2.41. The minimum Gasteiger partial charge on any atom is -0.396 e. The van der Waals surface area contributed by atoms with Crippen LogP contribution >= 0.6 is 0 Å². The van der Waals surface area contributed by atoms with Crippen LogP contribution in [0.5, 0.6) is 0 Å². The Morgan fingerprint density at radius 1 is 1.06 bits per heavy atom. The highest BCUT2D eigenvalue weighted by molar-refractivity contribution is 7.92. The van der Waals surface area contributed by atoms with E-state index >= 15 is 0 Å². The monoisotopic (exact) mass is 455 g/mol. The number of benzene rings is 2. The van der Waals surface area contributed by atoms with Crippen LogP contribution in [0.15, 0.2) is 59.5 Å². The summed E-state index contributed by atoms with van der Waals surface area (Å²) >= 11 is 0. The average Bonchev–Trinajstić information content (AvgIpc) is 2.77. The Morgan fingerprint density at radius 3 is 2.31 bits per heavy atom. The number of nitrogens with zero attached hydrogens (tertiary/aromatic N) is 1. The summed E-state index contributed by atoms with van der Waals surface area (Å²) < 4.78 is 24.5. The predicted octanol–water partition coefficient (Wildman–Crippen LogP) is 3.38. The van der Waals surface area contributed by atoms with Crippen molar-refractivity contribution in [1.29, 1.82) is 0 Å². The molecule has 7 heteroatoms. The molecular weight excluding hydrogens is 426 g/mol. The van der Waals surface area contributed by atoms with Gasteiger partial charge in [-0.2, -0.15) is 0 Å². The van der Waals surface area contributed by atoms with E-state index in [1.54, 1.807) is 19.2 Å². The molecule has 0 spiro atoms. The van der Waals surface area contributed by atoms with Crippen LogP contribution in [0.25, 0.3) is 21.9 Å². The third-order valence-corrected chi connectivity index (χ3v) is 8.29. The summed E-state index contributed by atoms with van der Waals surface area (Å²) in [5.74, 6) is -0.344. The topological polar surface area (TPSA) is 93.4 Å². The van der Waals surface area contributed by atoms with Gasteiger partial charge in [-0.3, -0.25) is 9.59 Å². The molecule has 1 aromatic heterocycles. The quantitative estimate of drug-likeness (QED) is 0.534. The highest BCUT2D eigenvalue weighted by atomic mass is 32.2. The first-order chi connectivity index (χ1) is 15.1. The highest BCUT2D eigenvalue weighted by Crippen LogP contribution is 2.26. The van der Waals surface area contributed by atoms with Crippen LogP contribution in [-0.2, 0) is 27.6 Å². The normalized spacial score (nSPS) is 13.8. The van der Waals surface area contributed by atoms with E-state index in [0.29, 0.717) is 11.8 Å². The second-order valence-electron chi connectivity index (χ2n) is 8.32. The van der Waals surface area contributed by atoms with Crippen LogP contribution in [0, 0.1) is 0 Å². The smallest absolute Gasteiger partial charge is 0.258 e. The summed E-state index contributed by atoms with van der Waals surface area (Å²) in [7, 11) is -3.62. The minimum atomic E-state index is -3.62. The molecule has 0 aliphatic carbocycles. The van der Waals surface area contributed by atoms with Gasteiger partial charge in [0.1, 0.15) is 4.75 Å². The van der Waals surface area contributed by atoms with Crippen molar-refractivity contribution in [3.8, 4) is 11.1 Å². The number of Topliss-reactive ketones (excluding diaryl/α,β-unsaturated/α-hetero) is 1. The zero-order valence-corrected chi connectivity index (χ0v) is 19.5. The number of aliphatic hydroxyl groups excluding tert-OH is 1. The molecule has 1 N–H and O–H groups in total. The molecule has 2 aromatic carbocycles. The number of hydrogen-bond donors (Lipinski definition) is 1. The zero-order valence-electron chi connectivity index (χ0n) is 18.7. The average molecular weight is 456 g/mol. The van der Waals surface area contributed by atoms with Gasteiger partial charge in [0.15, 0.2) is 15.6 Å². The maximum Gasteiger partial charge on any atom is 0.258 e. The molecule has 170 valence electrons. The lowest BCUT2D eigenvalue weighted by Crippen LogP contribution is -2.44. The Morgan fingerprint density at radius 2 is 1.72 bits per heavy atom. The fourth-order valence-electron chi connectivity index (χ4n) is 3.88. The molecule has 32 heavy (non-hydrogen) atoms. The van der Waals surface area contributed by atoms with Crippen molar-refractivity contribution >= 4 is 26.4 Å². The van der Waals surface area contributed by atoms with E-state index in [4.69, 9.17) is 5.11 Å². The third-order valence-electron chi connectivity index (χ3n) is 6.22. The summed E-state index contributed by atoms with van der Waals surface area (Å²) in [6.07, 6.45) is 3.50. The molecule has 1 heterocycles. The molecule has 6 nitrogen and oxygen atoms in total. The maximum absolute atomic E-state index is 13.0. The van der Waals surface area contributed by atoms with Gasteiger partial charge >= 0.3 is 0 Å². The number of carbonyl (C=O) groups is 1. The predicted molar refractivity (Wildman–Crippen MR) is 128 cm³/mol. The Hall–Kier alpha value is -2.77. The summed E-state index contributed by atoms with van der Waals surface area (Å²) in [5, 5.41) is 10.4. The maximum atomic E-state index is 13.0. The van der Waals surface area contributed by atoms with Gasteiger partial charge in [0.25, 0.3) is 5.56 Å². The van der Waals surface area contributed by atoms with Gasteiger partial charge in [-0.25, -0.2) is 8.42 Å². The van der Waals surface area contributed by atoms with Gasteiger partial charge in [0.05, 0.1) is 0 Å². The first kappa shape index (κ1) is 23.9. The van der Waals surface area contributed by atoms with Gasteiger partial charge < -0.3 is 9.67 Å². The largest absolute Gasteiger partial charge is 0.396 e. The molecule has 0 fully saturated rings. The fraction of sp³-hybridized carbons (Fsp3) is 0.360. The van der Waals surface area contributed by atoms with Crippen LogP contribution in [-0.4, -0.2) is 41.5 Å². The SMILES string of the molecule is CCC(=O)[C@@](C)(CCn1ccc2cc(-c3ccc(CCO)cc3)ccc2c1=O)S(C)(=O)=O. The number of hydrogen-bond acceptors (Lipinski definition) is 5. The standard InChI is InChI=1S/C25H29NO5S/c1-4-23(28)25(2,32(3,30)31)13-15-26-14-11-21-17-20(9-10-22(21)24(26)29)19-7-5-18(6-8-19)12-16-27/h5-11,14,17,27H,4,12-13,15-16H2,1-3H3/t25-/m1/s1. The lowest BCUT2D eigenvalue weighted by Gasteiger charge is -2.26. The molecule has 0 amide bonds. The number of sulfone groups is 1. The number of pyridine rings is 1. The van der Waals surface area contributed by atoms with Crippen LogP contribution in [0.3, 0.4) is 0 Å². The van der Waals surface area contributed by atoms with Gasteiger partial charge in [-0.1, -0.05) is 37.3 Å². The number of carbonyl (C=O) groups excluding carboxylic acids is 1. The van der Waals surface area contributed by atoms with Crippen molar-refractivity contribution in [2.75, 3.05) is 12.9 Å². The van der Waals surface area contributed by atoms with Gasteiger partial charge in [-0.15, -0.1) is 0 Å². The van der Waals surface area contributed by atoms with Gasteiger partial charge in [-0.05, 0) is 60.0 Å². The first-order valence-corrected chi connectivity index (χ1v) is 12.6. The molecule has 0 saturated carbocycles. The molecular formula is C25H29NO5S. The summed E-state index contributed by atoms with van der Waals surface area (Å²) in [6.45, 7) is 3.33. The van der Waals surface area contributed by atoms with Crippen LogP contribution in [0.4, 0.5) is 0 Å². The Balaban J connectivity index is 1.90. The minimum absolute atomic E-state index is 0.0438. The summed E-state index contributed by atoms with van der Waals surface area (Å²) in [4.78, 5) is 25.4. The molecule has 0 aliphatic rings. The Bertz CT molecular complexity index is 1290. The molecule has 0 aliphatic heterocycles. The molecule has 0 bridgehead atoms. The number of aryl methyl sites for hydroxylation is 1. The van der Waals surface area contributed by atoms with Crippen molar-refractivity contribution < 1.29 is 18.3 Å². The molecule has 3 aromatic rings. The summed E-state index contributed by atoms with van der Waals surface area (Å²) in [5.41, 5.74) is 2.83. The van der Waals surface area contributed by atoms with E-state index in [1.807, 2.05) is 42.5 Å². The third kappa shape index (κ3) is 4.69. The zero-order chi connectivity index (χ0) is 23.5.